The molecule has 102 valence electrons. The van der Waals surface area contributed by atoms with Crippen molar-refractivity contribution in [1.29, 1.82) is 0 Å². The minimum Gasteiger partial charge on any atom is -0.469 e. The maximum Gasteiger partial charge on any atom is 0.308 e. The van der Waals surface area contributed by atoms with E-state index in [0.29, 0.717) is 12.3 Å². The van der Waals surface area contributed by atoms with E-state index < -0.39 is 5.79 Å². The highest BCUT2D eigenvalue weighted by molar-refractivity contribution is 5.69. The molecule has 0 aromatic rings. The Balaban J connectivity index is 1.62. The number of carbonyl (C=O) groups is 1. The topological polar surface area (TPSA) is 54.0 Å². The molecule has 5 nitrogen and oxygen atoms in total. The Morgan fingerprint density at radius 1 is 1.28 bits per heavy atom. The Morgan fingerprint density at radius 3 is 2.78 bits per heavy atom. The molecule has 2 heterocycles. The second kappa shape index (κ2) is 4.18. The molecule has 0 amide bonds. The van der Waals surface area contributed by atoms with Crippen LogP contribution in [0.4, 0.5) is 0 Å². The molecular weight excluding hydrogens is 236 g/mol. The molecule has 0 radical (unpaired) electrons. The highest BCUT2D eigenvalue weighted by Crippen LogP contribution is 2.48. The van der Waals surface area contributed by atoms with Crippen molar-refractivity contribution in [3.8, 4) is 0 Å². The quantitative estimate of drug-likeness (QED) is 0.696. The van der Waals surface area contributed by atoms with Crippen LogP contribution in [0, 0.1) is 5.92 Å². The van der Waals surface area contributed by atoms with Crippen LogP contribution in [0.2, 0.25) is 0 Å². The fourth-order valence-electron chi connectivity index (χ4n) is 3.47. The summed E-state index contributed by atoms with van der Waals surface area (Å²) in [7, 11) is 1.41. The molecule has 0 bridgehead atoms. The van der Waals surface area contributed by atoms with Crippen molar-refractivity contribution in [2.75, 3.05) is 7.11 Å². The lowest BCUT2D eigenvalue weighted by atomic mass is 9.98. The number of rotatable bonds is 2. The molecule has 18 heavy (non-hydrogen) atoms. The molecule has 0 spiro atoms. The van der Waals surface area contributed by atoms with Gasteiger partial charge >= 0.3 is 5.97 Å². The van der Waals surface area contributed by atoms with E-state index in [1.807, 2.05) is 13.8 Å². The maximum atomic E-state index is 11.3. The van der Waals surface area contributed by atoms with Crippen molar-refractivity contribution in [3.05, 3.63) is 0 Å². The van der Waals surface area contributed by atoms with Gasteiger partial charge in [-0.05, 0) is 20.3 Å². The molecule has 0 unspecified atom stereocenters. The molecule has 1 saturated carbocycles. The second-order valence-electron chi connectivity index (χ2n) is 5.85. The Kier molecular flexibility index (Phi) is 2.88. The van der Waals surface area contributed by atoms with Crippen LogP contribution >= 0.6 is 0 Å². The SMILES string of the molecule is COC(=O)C[C@H]1C[C@H]2[C@@H]3OC(C)(C)O[C@@H]3C[C@H]2O1. The summed E-state index contributed by atoms with van der Waals surface area (Å²) in [5.41, 5.74) is 0. The predicted molar refractivity (Wildman–Crippen MR) is 61.8 cm³/mol. The van der Waals surface area contributed by atoms with E-state index >= 15 is 0 Å². The van der Waals surface area contributed by atoms with Crippen molar-refractivity contribution in [2.45, 2.75) is 63.3 Å². The van der Waals surface area contributed by atoms with Crippen LogP contribution in [0.1, 0.15) is 33.1 Å². The Bertz CT molecular complexity index is 353. The smallest absolute Gasteiger partial charge is 0.308 e. The highest BCUT2D eigenvalue weighted by atomic mass is 16.8. The first-order valence-electron chi connectivity index (χ1n) is 6.56. The third-order valence-corrected chi connectivity index (χ3v) is 4.11. The van der Waals surface area contributed by atoms with Gasteiger partial charge in [0.2, 0.25) is 0 Å². The summed E-state index contributed by atoms with van der Waals surface area (Å²) in [6.07, 6.45) is 2.48. The minimum atomic E-state index is -0.485. The number of ether oxygens (including phenoxy) is 4. The molecule has 0 N–H and O–H groups in total. The van der Waals surface area contributed by atoms with E-state index in [9.17, 15) is 4.79 Å². The van der Waals surface area contributed by atoms with Crippen LogP contribution in [0.15, 0.2) is 0 Å². The summed E-state index contributed by atoms with van der Waals surface area (Å²) < 4.78 is 22.4. The predicted octanol–water partition coefficient (Wildman–Crippen LogP) is 1.25. The summed E-state index contributed by atoms with van der Waals surface area (Å²) in [5, 5.41) is 0. The average molecular weight is 256 g/mol. The van der Waals surface area contributed by atoms with Crippen LogP contribution in [0.25, 0.3) is 0 Å². The Hall–Kier alpha value is -0.650. The second-order valence-corrected chi connectivity index (χ2v) is 5.85. The molecule has 2 aliphatic heterocycles. The number of methoxy groups -OCH3 is 1. The van der Waals surface area contributed by atoms with E-state index in [4.69, 9.17) is 14.2 Å². The molecule has 3 fully saturated rings. The first-order chi connectivity index (χ1) is 8.48. The lowest BCUT2D eigenvalue weighted by Gasteiger charge is -2.21. The van der Waals surface area contributed by atoms with Gasteiger partial charge in [0.05, 0.1) is 37.9 Å². The largest absolute Gasteiger partial charge is 0.469 e. The Morgan fingerprint density at radius 2 is 2.06 bits per heavy atom. The molecule has 2 saturated heterocycles. The molecule has 1 aliphatic carbocycles. The van der Waals surface area contributed by atoms with Gasteiger partial charge in [-0.3, -0.25) is 4.79 Å². The molecule has 5 atom stereocenters. The number of hydrogen-bond acceptors (Lipinski definition) is 5. The minimum absolute atomic E-state index is 0.0271. The number of hydrogen-bond donors (Lipinski definition) is 0. The van der Waals surface area contributed by atoms with Gasteiger partial charge in [-0.2, -0.15) is 0 Å². The van der Waals surface area contributed by atoms with E-state index in [1.165, 1.54) is 7.11 Å². The average Bonchev–Trinajstić information content (AvgIpc) is 2.86. The van der Waals surface area contributed by atoms with Gasteiger partial charge < -0.3 is 18.9 Å². The van der Waals surface area contributed by atoms with Crippen molar-refractivity contribution >= 4 is 5.97 Å². The lowest BCUT2D eigenvalue weighted by molar-refractivity contribution is -0.161. The zero-order chi connectivity index (χ0) is 12.9. The monoisotopic (exact) mass is 256 g/mol. The van der Waals surface area contributed by atoms with Crippen LogP contribution in [0.3, 0.4) is 0 Å². The summed E-state index contributed by atoms with van der Waals surface area (Å²) in [6.45, 7) is 3.89. The fourth-order valence-corrected chi connectivity index (χ4v) is 3.47. The number of carbonyl (C=O) groups excluding carboxylic acids is 1. The normalized spacial score (nSPS) is 44.7. The zero-order valence-corrected chi connectivity index (χ0v) is 11.0. The first kappa shape index (κ1) is 12.4. The van der Waals surface area contributed by atoms with Gasteiger partial charge in [0.1, 0.15) is 0 Å². The molecular formula is C13H20O5. The lowest BCUT2D eigenvalue weighted by Crippen LogP contribution is -2.27. The summed E-state index contributed by atoms with van der Waals surface area (Å²) in [4.78, 5) is 11.3. The molecule has 3 aliphatic rings. The van der Waals surface area contributed by atoms with E-state index in [0.717, 1.165) is 12.8 Å². The standard InChI is InChI=1S/C13H20O5/c1-13(2)17-10-6-9-8(12(10)18-13)4-7(16-9)5-11(14)15-3/h7-10,12H,4-6H2,1-3H3/t7-,8-,9-,10-,12+/m1/s1. The van der Waals surface area contributed by atoms with Crippen LogP contribution in [-0.2, 0) is 23.7 Å². The van der Waals surface area contributed by atoms with E-state index in [2.05, 4.69) is 4.74 Å². The Labute approximate surface area is 107 Å². The zero-order valence-electron chi connectivity index (χ0n) is 11.0. The molecule has 0 aromatic carbocycles. The maximum absolute atomic E-state index is 11.3. The van der Waals surface area contributed by atoms with E-state index in [-0.39, 0.29) is 30.4 Å². The van der Waals surface area contributed by atoms with Crippen molar-refractivity contribution < 1.29 is 23.7 Å². The fraction of sp³-hybridized carbons (Fsp3) is 0.923. The molecule has 5 heteroatoms. The highest BCUT2D eigenvalue weighted by Gasteiger charge is 2.57. The van der Waals surface area contributed by atoms with Gasteiger partial charge in [-0.15, -0.1) is 0 Å². The third kappa shape index (κ3) is 2.04. The summed E-state index contributed by atoms with van der Waals surface area (Å²) in [6, 6.07) is 0. The molecule has 0 aromatic heterocycles. The van der Waals surface area contributed by atoms with Gasteiger partial charge in [0.15, 0.2) is 5.79 Å². The van der Waals surface area contributed by atoms with Gasteiger partial charge in [0.25, 0.3) is 0 Å². The van der Waals surface area contributed by atoms with Crippen LogP contribution < -0.4 is 0 Å². The van der Waals surface area contributed by atoms with Gasteiger partial charge in [0, 0.05) is 12.3 Å². The third-order valence-electron chi connectivity index (χ3n) is 4.11. The van der Waals surface area contributed by atoms with Crippen LogP contribution in [-0.4, -0.2) is 43.3 Å². The molecule has 3 rings (SSSR count). The van der Waals surface area contributed by atoms with Crippen LogP contribution in [0.5, 0.6) is 0 Å². The van der Waals surface area contributed by atoms with Crippen molar-refractivity contribution in [3.63, 3.8) is 0 Å². The summed E-state index contributed by atoms with van der Waals surface area (Å²) >= 11 is 0. The number of fused-ring (bicyclic) bond motifs is 3. The first-order valence-corrected chi connectivity index (χ1v) is 6.56. The summed E-state index contributed by atoms with van der Waals surface area (Å²) in [5.74, 6) is -0.340. The van der Waals surface area contributed by atoms with Crippen molar-refractivity contribution in [1.82, 2.24) is 0 Å². The van der Waals surface area contributed by atoms with Crippen molar-refractivity contribution in [2.24, 2.45) is 5.92 Å². The van der Waals surface area contributed by atoms with Gasteiger partial charge in [-0.1, -0.05) is 0 Å². The van der Waals surface area contributed by atoms with Gasteiger partial charge in [-0.25, -0.2) is 0 Å². The van der Waals surface area contributed by atoms with E-state index in [1.54, 1.807) is 0 Å². The number of esters is 1.